The number of hydrogen-bond acceptors (Lipinski definition) is 3. The second kappa shape index (κ2) is 4.84. The molecule has 18 heavy (non-hydrogen) atoms. The fourth-order valence-electron chi connectivity index (χ4n) is 1.95. The van der Waals surface area contributed by atoms with Gasteiger partial charge in [-0.25, -0.2) is 0 Å². The zero-order chi connectivity index (χ0) is 12.2. The van der Waals surface area contributed by atoms with Gasteiger partial charge in [0.05, 0.1) is 17.4 Å². The Morgan fingerprint density at radius 1 is 0.944 bits per heavy atom. The van der Waals surface area contributed by atoms with E-state index in [2.05, 4.69) is 27.4 Å². The van der Waals surface area contributed by atoms with Crippen molar-refractivity contribution < 1.29 is 0 Å². The molecule has 2 aromatic rings. The molecule has 0 fully saturated rings. The maximum absolute atomic E-state index is 4.37. The van der Waals surface area contributed by atoms with Crippen LogP contribution in [0, 0.1) is 0 Å². The van der Waals surface area contributed by atoms with Crippen molar-refractivity contribution in [1.82, 2.24) is 15.3 Å². The third-order valence-electron chi connectivity index (χ3n) is 2.86. The molecule has 88 valence electrons. The normalized spacial score (nSPS) is 17.4. The first-order valence-corrected chi connectivity index (χ1v) is 5.90. The molecule has 1 N–H and O–H groups in total. The minimum absolute atomic E-state index is 0.209. The fraction of sp³-hybridized carbons (Fsp3) is 0.0667. The number of nitrogens with zero attached hydrogens (tertiary/aromatic N) is 2. The summed E-state index contributed by atoms with van der Waals surface area (Å²) in [6.45, 7) is 0. The van der Waals surface area contributed by atoms with Gasteiger partial charge in [0.15, 0.2) is 0 Å². The average Bonchev–Trinajstić information content (AvgIpc) is 2.49. The molecule has 3 nitrogen and oxygen atoms in total. The van der Waals surface area contributed by atoms with Crippen LogP contribution in [0.1, 0.15) is 11.6 Å². The highest BCUT2D eigenvalue weighted by molar-refractivity contribution is 5.55. The van der Waals surface area contributed by atoms with E-state index in [0.717, 1.165) is 11.4 Å². The van der Waals surface area contributed by atoms with E-state index in [1.54, 1.807) is 6.20 Å². The second-order valence-electron chi connectivity index (χ2n) is 4.08. The molecule has 1 unspecified atom stereocenters. The van der Waals surface area contributed by atoms with Gasteiger partial charge >= 0.3 is 0 Å². The van der Waals surface area contributed by atoms with Crippen LogP contribution in [0.2, 0.25) is 0 Å². The molecule has 0 aliphatic carbocycles. The summed E-state index contributed by atoms with van der Waals surface area (Å²) >= 11 is 0. The molecule has 0 radical (unpaired) electrons. The molecule has 3 heteroatoms. The first-order valence-electron chi connectivity index (χ1n) is 5.90. The summed E-state index contributed by atoms with van der Waals surface area (Å²) in [6, 6.07) is 10.1. The first kappa shape index (κ1) is 10.7. The van der Waals surface area contributed by atoms with Crippen LogP contribution in [0.4, 0.5) is 0 Å². The van der Waals surface area contributed by atoms with Gasteiger partial charge in [0, 0.05) is 12.4 Å². The summed E-state index contributed by atoms with van der Waals surface area (Å²) < 4.78 is 0. The summed E-state index contributed by atoms with van der Waals surface area (Å²) in [5.74, 6) is 0. The number of rotatable bonds is 2. The monoisotopic (exact) mass is 235 g/mol. The van der Waals surface area contributed by atoms with Crippen molar-refractivity contribution in [3.63, 3.8) is 0 Å². The number of pyridine rings is 2. The molecular formula is C15H13N3. The van der Waals surface area contributed by atoms with Crippen LogP contribution in [-0.2, 0) is 0 Å². The van der Waals surface area contributed by atoms with Crippen molar-refractivity contribution in [1.29, 1.82) is 0 Å². The number of hydrogen-bond donors (Lipinski definition) is 1. The minimum Gasteiger partial charge on any atom is -0.381 e. The van der Waals surface area contributed by atoms with Gasteiger partial charge in [-0.3, -0.25) is 9.97 Å². The molecule has 0 spiro atoms. The standard InChI is InChI=1S/C15H13N3/c1-3-8-16-13(5-1)12-7-10-18-15(11-12)14-6-2-4-9-17-14/h1-11,13,16H. The van der Waals surface area contributed by atoms with Crippen molar-refractivity contribution >= 4 is 0 Å². The largest absolute Gasteiger partial charge is 0.381 e. The third kappa shape index (κ3) is 2.15. The number of nitrogens with one attached hydrogen (secondary N) is 1. The number of allylic oxidation sites excluding steroid dienone is 2. The maximum Gasteiger partial charge on any atom is 0.0889 e. The second-order valence-corrected chi connectivity index (χ2v) is 4.08. The smallest absolute Gasteiger partial charge is 0.0889 e. The predicted octanol–water partition coefficient (Wildman–Crippen LogP) is 2.86. The Morgan fingerprint density at radius 3 is 2.67 bits per heavy atom. The Morgan fingerprint density at radius 2 is 1.89 bits per heavy atom. The van der Waals surface area contributed by atoms with Gasteiger partial charge in [-0.2, -0.15) is 0 Å². The molecule has 0 aromatic carbocycles. The molecular weight excluding hydrogens is 222 g/mol. The summed E-state index contributed by atoms with van der Waals surface area (Å²) in [5.41, 5.74) is 2.98. The van der Waals surface area contributed by atoms with Gasteiger partial charge in [0.25, 0.3) is 0 Å². The lowest BCUT2D eigenvalue weighted by Crippen LogP contribution is -2.15. The molecule has 1 aliphatic heterocycles. The van der Waals surface area contributed by atoms with Crippen molar-refractivity contribution in [3.8, 4) is 11.4 Å². The number of aromatic nitrogens is 2. The van der Waals surface area contributed by atoms with E-state index in [4.69, 9.17) is 0 Å². The molecule has 0 saturated heterocycles. The molecule has 0 amide bonds. The van der Waals surface area contributed by atoms with Crippen LogP contribution in [0.5, 0.6) is 0 Å². The summed E-state index contributed by atoms with van der Waals surface area (Å²) in [5, 5.41) is 3.30. The van der Waals surface area contributed by atoms with Gasteiger partial charge in [-0.05, 0) is 42.1 Å². The maximum atomic E-state index is 4.37. The Hall–Kier alpha value is -2.42. The zero-order valence-electron chi connectivity index (χ0n) is 9.82. The van der Waals surface area contributed by atoms with E-state index in [-0.39, 0.29) is 6.04 Å². The van der Waals surface area contributed by atoms with E-state index in [1.165, 1.54) is 5.56 Å². The molecule has 3 rings (SSSR count). The average molecular weight is 235 g/mol. The van der Waals surface area contributed by atoms with Crippen LogP contribution in [0.3, 0.4) is 0 Å². The molecule has 1 aliphatic rings. The Bertz CT molecular complexity index is 588. The van der Waals surface area contributed by atoms with Gasteiger partial charge < -0.3 is 5.32 Å². The van der Waals surface area contributed by atoms with Gasteiger partial charge in [-0.1, -0.05) is 18.2 Å². The summed E-state index contributed by atoms with van der Waals surface area (Å²) in [6.07, 6.45) is 11.7. The van der Waals surface area contributed by atoms with E-state index in [9.17, 15) is 0 Å². The highest BCUT2D eigenvalue weighted by Crippen LogP contribution is 2.21. The Labute approximate surface area is 106 Å². The van der Waals surface area contributed by atoms with Crippen LogP contribution in [0.15, 0.2) is 67.2 Å². The molecule has 3 heterocycles. The first-order chi connectivity index (χ1) is 8.93. The topological polar surface area (TPSA) is 37.8 Å². The predicted molar refractivity (Wildman–Crippen MR) is 71.6 cm³/mol. The zero-order valence-corrected chi connectivity index (χ0v) is 9.82. The number of dihydropyridines is 1. The Balaban J connectivity index is 1.94. The van der Waals surface area contributed by atoms with Gasteiger partial charge in [0.2, 0.25) is 0 Å². The van der Waals surface area contributed by atoms with Gasteiger partial charge in [-0.15, -0.1) is 0 Å². The van der Waals surface area contributed by atoms with Gasteiger partial charge in [0.1, 0.15) is 0 Å². The summed E-state index contributed by atoms with van der Waals surface area (Å²) in [7, 11) is 0. The molecule has 0 saturated carbocycles. The molecule has 1 atom stereocenters. The lowest BCUT2D eigenvalue weighted by molar-refractivity contribution is 0.745. The SMILES string of the molecule is C1=CNC(c2ccnc(-c3ccccn3)c2)C=C1. The molecule has 0 bridgehead atoms. The third-order valence-corrected chi connectivity index (χ3v) is 2.86. The Kier molecular flexibility index (Phi) is 2.88. The highest BCUT2D eigenvalue weighted by Gasteiger charge is 2.09. The van der Waals surface area contributed by atoms with Crippen molar-refractivity contribution in [2.24, 2.45) is 0 Å². The van der Waals surface area contributed by atoms with Crippen LogP contribution in [0.25, 0.3) is 11.4 Å². The van der Waals surface area contributed by atoms with Crippen molar-refractivity contribution in [2.75, 3.05) is 0 Å². The van der Waals surface area contributed by atoms with E-state index < -0.39 is 0 Å². The highest BCUT2D eigenvalue weighted by atomic mass is 14.9. The van der Waals surface area contributed by atoms with E-state index >= 15 is 0 Å². The molecule has 2 aromatic heterocycles. The quantitative estimate of drug-likeness (QED) is 0.869. The van der Waals surface area contributed by atoms with Crippen molar-refractivity contribution in [2.45, 2.75) is 6.04 Å². The van der Waals surface area contributed by atoms with Crippen LogP contribution in [-0.4, -0.2) is 9.97 Å². The fourth-order valence-corrected chi connectivity index (χ4v) is 1.95. The lowest BCUT2D eigenvalue weighted by Gasteiger charge is -2.16. The minimum atomic E-state index is 0.209. The lowest BCUT2D eigenvalue weighted by atomic mass is 10.0. The van der Waals surface area contributed by atoms with E-state index in [1.807, 2.05) is 48.8 Å². The van der Waals surface area contributed by atoms with E-state index in [0.29, 0.717) is 0 Å². The summed E-state index contributed by atoms with van der Waals surface area (Å²) in [4.78, 5) is 8.69. The van der Waals surface area contributed by atoms with Crippen LogP contribution >= 0.6 is 0 Å². The van der Waals surface area contributed by atoms with Crippen molar-refractivity contribution in [3.05, 3.63) is 72.7 Å². The van der Waals surface area contributed by atoms with Crippen LogP contribution < -0.4 is 5.32 Å².